The number of piperazine rings is 1. The van der Waals surface area contributed by atoms with Gasteiger partial charge in [-0.15, -0.1) is 0 Å². The minimum atomic E-state index is -3.54. The Bertz CT molecular complexity index is 604. The van der Waals surface area contributed by atoms with E-state index in [4.69, 9.17) is 16.7 Å². The van der Waals surface area contributed by atoms with Crippen LogP contribution in [0.1, 0.15) is 25.7 Å². The molecule has 24 heavy (non-hydrogen) atoms. The van der Waals surface area contributed by atoms with Gasteiger partial charge in [-0.2, -0.15) is 8.42 Å². The van der Waals surface area contributed by atoms with E-state index in [1.165, 1.54) is 5.69 Å². The maximum absolute atomic E-state index is 10.7. The van der Waals surface area contributed by atoms with Gasteiger partial charge in [0.2, 0.25) is 0 Å². The van der Waals surface area contributed by atoms with E-state index in [2.05, 4.69) is 20.6 Å². The van der Waals surface area contributed by atoms with E-state index in [0.29, 0.717) is 6.54 Å². The van der Waals surface area contributed by atoms with Crippen LogP contribution in [0.15, 0.2) is 24.3 Å². The number of nitrogens with one attached hydrogen (secondary N) is 1. The molecule has 3 N–H and O–H groups in total. The molecule has 1 aliphatic heterocycles. The van der Waals surface area contributed by atoms with Gasteiger partial charge in [-0.1, -0.05) is 30.5 Å². The molecule has 8 heteroatoms. The first-order chi connectivity index (χ1) is 11.4. The van der Waals surface area contributed by atoms with Crippen molar-refractivity contribution in [3.63, 3.8) is 0 Å². The average molecular weight is 375 g/mol. The molecule has 6 nitrogen and oxygen atoms in total. The third-order valence-electron chi connectivity index (χ3n) is 4.25. The van der Waals surface area contributed by atoms with Crippen molar-refractivity contribution in [1.82, 2.24) is 9.62 Å². The summed E-state index contributed by atoms with van der Waals surface area (Å²) in [5, 5.41) is 5.66. The molecule has 0 saturated carbocycles. The number of halogens is 1. The Labute approximate surface area is 150 Å². The normalized spacial score (nSPS) is 16.5. The van der Waals surface area contributed by atoms with Crippen molar-refractivity contribution in [1.29, 1.82) is 0 Å². The Morgan fingerprint density at radius 3 is 2.46 bits per heavy atom. The lowest BCUT2D eigenvalue weighted by Gasteiger charge is -2.36. The number of hydrogen-bond acceptors (Lipinski definition) is 4. The van der Waals surface area contributed by atoms with E-state index in [1.54, 1.807) is 0 Å². The molecule has 0 unspecified atom stereocenters. The fraction of sp³-hybridized carbons (Fsp3) is 0.625. The Balaban J connectivity index is 1.55. The van der Waals surface area contributed by atoms with E-state index in [0.717, 1.165) is 63.4 Å². The first kappa shape index (κ1) is 19.5. The molecule has 1 saturated heterocycles. The highest BCUT2D eigenvalue weighted by molar-refractivity contribution is 7.87. The fourth-order valence-corrected chi connectivity index (χ4v) is 3.54. The van der Waals surface area contributed by atoms with Gasteiger partial charge in [0, 0.05) is 43.4 Å². The molecule has 1 heterocycles. The van der Waals surface area contributed by atoms with E-state index in [1.807, 2.05) is 18.2 Å². The summed E-state index contributed by atoms with van der Waals surface area (Å²) in [5.74, 6) is 0. The Kier molecular flexibility index (Phi) is 7.77. The molecule has 0 aliphatic carbocycles. The van der Waals surface area contributed by atoms with Crippen molar-refractivity contribution in [3.05, 3.63) is 29.3 Å². The largest absolute Gasteiger partial charge is 0.369 e. The van der Waals surface area contributed by atoms with Gasteiger partial charge in [0.1, 0.15) is 0 Å². The molecule has 0 radical (unpaired) electrons. The number of nitrogens with zero attached hydrogens (tertiary/aromatic N) is 2. The molecule has 0 amide bonds. The summed E-state index contributed by atoms with van der Waals surface area (Å²) in [6.07, 6.45) is 4.11. The van der Waals surface area contributed by atoms with Crippen LogP contribution in [-0.4, -0.2) is 52.6 Å². The summed E-state index contributed by atoms with van der Waals surface area (Å²) < 4.78 is 23.8. The van der Waals surface area contributed by atoms with Crippen LogP contribution in [0.25, 0.3) is 0 Å². The molecular weight excluding hydrogens is 348 g/mol. The summed E-state index contributed by atoms with van der Waals surface area (Å²) in [7, 11) is -3.54. The van der Waals surface area contributed by atoms with Gasteiger partial charge < -0.3 is 4.90 Å². The van der Waals surface area contributed by atoms with E-state index >= 15 is 0 Å². The minimum absolute atomic E-state index is 0.428. The molecule has 1 fully saturated rings. The van der Waals surface area contributed by atoms with Crippen molar-refractivity contribution in [2.24, 2.45) is 5.14 Å². The SMILES string of the molecule is NS(=O)(=O)NCCCCCCN1CCN(c2cccc(Cl)c2)CC1. The number of unbranched alkanes of at least 4 members (excludes halogenated alkanes) is 3. The van der Waals surface area contributed by atoms with Gasteiger partial charge in [0.15, 0.2) is 0 Å². The smallest absolute Gasteiger partial charge is 0.274 e. The third kappa shape index (κ3) is 7.36. The van der Waals surface area contributed by atoms with Crippen molar-refractivity contribution in [2.45, 2.75) is 25.7 Å². The predicted octanol–water partition coefficient (Wildman–Crippen LogP) is 1.82. The summed E-state index contributed by atoms with van der Waals surface area (Å²) in [6, 6.07) is 8.03. The Morgan fingerprint density at radius 2 is 1.79 bits per heavy atom. The second-order valence-electron chi connectivity index (χ2n) is 6.16. The van der Waals surface area contributed by atoms with E-state index in [9.17, 15) is 8.42 Å². The molecule has 0 spiro atoms. The summed E-state index contributed by atoms with van der Waals surface area (Å²) in [4.78, 5) is 4.87. The topological polar surface area (TPSA) is 78.7 Å². The maximum atomic E-state index is 10.7. The van der Waals surface area contributed by atoms with Gasteiger partial charge in [-0.05, 0) is 37.6 Å². The number of hydrogen-bond donors (Lipinski definition) is 2. The van der Waals surface area contributed by atoms with Crippen LogP contribution >= 0.6 is 11.6 Å². The Morgan fingerprint density at radius 1 is 1.08 bits per heavy atom. The van der Waals surface area contributed by atoms with Crippen LogP contribution in [0.2, 0.25) is 5.02 Å². The van der Waals surface area contributed by atoms with Gasteiger partial charge in [0.05, 0.1) is 0 Å². The number of nitrogens with two attached hydrogens (primary N) is 1. The standard InChI is InChI=1S/C16H27ClN4O2S/c17-15-6-5-7-16(14-15)21-12-10-20(11-13-21)9-4-2-1-3-8-19-24(18,22)23/h5-7,14,19H,1-4,8-13H2,(H2,18,22,23). The number of benzene rings is 1. The maximum Gasteiger partial charge on any atom is 0.274 e. The van der Waals surface area contributed by atoms with Crippen molar-refractivity contribution >= 4 is 27.5 Å². The highest BCUT2D eigenvalue weighted by atomic mass is 35.5. The van der Waals surface area contributed by atoms with Gasteiger partial charge >= 0.3 is 0 Å². The molecular formula is C16H27ClN4O2S. The zero-order valence-corrected chi connectivity index (χ0v) is 15.5. The van der Waals surface area contributed by atoms with Crippen molar-refractivity contribution in [3.8, 4) is 0 Å². The molecule has 1 aromatic carbocycles. The van der Waals surface area contributed by atoms with Gasteiger partial charge in [0.25, 0.3) is 10.2 Å². The van der Waals surface area contributed by atoms with E-state index in [-0.39, 0.29) is 0 Å². The molecule has 0 atom stereocenters. The average Bonchev–Trinajstić information content (AvgIpc) is 2.53. The predicted molar refractivity (Wildman–Crippen MR) is 99.7 cm³/mol. The number of anilines is 1. The number of rotatable bonds is 9. The summed E-state index contributed by atoms with van der Waals surface area (Å²) in [5.41, 5.74) is 1.20. The van der Waals surface area contributed by atoms with Crippen molar-refractivity contribution < 1.29 is 8.42 Å². The third-order valence-corrected chi connectivity index (χ3v) is 5.09. The van der Waals surface area contributed by atoms with Gasteiger partial charge in [-0.3, -0.25) is 4.90 Å². The highest BCUT2D eigenvalue weighted by Gasteiger charge is 2.16. The molecule has 0 aromatic heterocycles. The zero-order chi connectivity index (χ0) is 17.4. The lowest BCUT2D eigenvalue weighted by atomic mass is 10.1. The molecule has 2 rings (SSSR count). The van der Waals surface area contributed by atoms with Gasteiger partial charge in [-0.25, -0.2) is 9.86 Å². The second-order valence-corrected chi connectivity index (χ2v) is 7.98. The quantitative estimate of drug-likeness (QED) is 0.646. The molecule has 0 bridgehead atoms. The van der Waals surface area contributed by atoms with E-state index < -0.39 is 10.2 Å². The van der Waals surface area contributed by atoms with Crippen LogP contribution in [0.5, 0.6) is 0 Å². The molecule has 136 valence electrons. The fourth-order valence-electron chi connectivity index (χ4n) is 2.93. The highest BCUT2D eigenvalue weighted by Crippen LogP contribution is 2.20. The summed E-state index contributed by atoms with van der Waals surface area (Å²) >= 11 is 6.06. The summed E-state index contributed by atoms with van der Waals surface area (Å²) in [6.45, 7) is 5.72. The Hall–Kier alpha value is -0.860. The minimum Gasteiger partial charge on any atom is -0.369 e. The second kappa shape index (κ2) is 9.58. The lowest BCUT2D eigenvalue weighted by Crippen LogP contribution is -2.46. The van der Waals surface area contributed by atoms with Crippen LogP contribution in [0.4, 0.5) is 5.69 Å². The van der Waals surface area contributed by atoms with Crippen LogP contribution in [0, 0.1) is 0 Å². The lowest BCUT2D eigenvalue weighted by molar-refractivity contribution is 0.252. The van der Waals surface area contributed by atoms with Crippen LogP contribution in [-0.2, 0) is 10.2 Å². The first-order valence-corrected chi connectivity index (χ1v) is 10.4. The monoisotopic (exact) mass is 374 g/mol. The van der Waals surface area contributed by atoms with Crippen LogP contribution < -0.4 is 14.8 Å². The molecule has 1 aliphatic rings. The molecule has 1 aromatic rings. The first-order valence-electron chi connectivity index (χ1n) is 8.44. The zero-order valence-electron chi connectivity index (χ0n) is 14.0. The van der Waals surface area contributed by atoms with Crippen LogP contribution in [0.3, 0.4) is 0 Å². The van der Waals surface area contributed by atoms with Crippen molar-refractivity contribution in [2.75, 3.05) is 44.2 Å².